The van der Waals surface area contributed by atoms with Gasteiger partial charge >= 0.3 is 18.4 Å². The van der Waals surface area contributed by atoms with Gasteiger partial charge in [0, 0.05) is 11.3 Å². The second-order valence-corrected chi connectivity index (χ2v) is 6.65. The Labute approximate surface area is 166 Å². The van der Waals surface area contributed by atoms with Crippen molar-refractivity contribution in [3.63, 3.8) is 0 Å². The summed E-state index contributed by atoms with van der Waals surface area (Å²) in [6, 6.07) is 5.51. The fraction of sp³-hybridized carbons (Fsp3) is 0.200. The van der Waals surface area contributed by atoms with E-state index in [2.05, 4.69) is 10.6 Å². The molecule has 1 unspecified atom stereocenters. The fourth-order valence-corrected chi connectivity index (χ4v) is 3.11. The highest BCUT2D eigenvalue weighted by molar-refractivity contribution is 5.86. The lowest BCUT2D eigenvalue weighted by Gasteiger charge is -2.26. The molecule has 4 nitrogen and oxygen atoms in total. The Morgan fingerprint density at radius 3 is 1.87 bits per heavy atom. The van der Waals surface area contributed by atoms with Crippen molar-refractivity contribution in [1.82, 2.24) is 10.6 Å². The van der Waals surface area contributed by atoms with Crippen molar-refractivity contribution >= 4 is 12.3 Å². The standard InChI is InChI=1S/C20H14F6N2O2/c1-10-16(9-29)17(28-18(30)27-10)12-4-2-11(3-5-12)13-6-14(19(21,22)23)8-15(7-13)20(24,25)26/h2-9,17H,1H3,(H2,27,28,30). The van der Waals surface area contributed by atoms with Crippen molar-refractivity contribution in [2.75, 3.05) is 0 Å². The van der Waals surface area contributed by atoms with Crippen molar-refractivity contribution < 1.29 is 35.9 Å². The molecular weight excluding hydrogens is 414 g/mol. The molecule has 2 aromatic carbocycles. The van der Waals surface area contributed by atoms with Crippen molar-refractivity contribution in [3.05, 3.63) is 70.4 Å². The van der Waals surface area contributed by atoms with E-state index >= 15 is 0 Å². The lowest BCUT2D eigenvalue weighted by atomic mass is 9.93. The number of hydrogen-bond acceptors (Lipinski definition) is 2. The summed E-state index contributed by atoms with van der Waals surface area (Å²) in [5, 5.41) is 4.99. The second kappa shape index (κ2) is 7.51. The Kier molecular flexibility index (Phi) is 5.36. The summed E-state index contributed by atoms with van der Waals surface area (Å²) in [4.78, 5) is 23.0. The zero-order chi connectivity index (χ0) is 22.3. The maximum Gasteiger partial charge on any atom is 0.416 e. The predicted molar refractivity (Wildman–Crippen MR) is 95.1 cm³/mol. The number of benzene rings is 2. The lowest BCUT2D eigenvalue weighted by Crippen LogP contribution is -2.43. The van der Waals surface area contributed by atoms with E-state index < -0.39 is 35.6 Å². The zero-order valence-electron chi connectivity index (χ0n) is 15.3. The number of aldehydes is 1. The zero-order valence-corrected chi connectivity index (χ0v) is 15.3. The Hall–Kier alpha value is -3.30. The number of carbonyl (C=O) groups excluding carboxylic acids is 2. The normalized spacial score (nSPS) is 17.4. The third-order valence-electron chi connectivity index (χ3n) is 4.61. The quantitative estimate of drug-likeness (QED) is 0.521. The smallest absolute Gasteiger partial charge is 0.327 e. The number of hydrogen-bond donors (Lipinski definition) is 2. The largest absolute Gasteiger partial charge is 0.416 e. The number of carbonyl (C=O) groups is 2. The minimum Gasteiger partial charge on any atom is -0.327 e. The molecule has 1 aliphatic heterocycles. The third-order valence-corrected chi connectivity index (χ3v) is 4.61. The molecule has 0 aliphatic carbocycles. The van der Waals surface area contributed by atoms with Crippen LogP contribution in [0.2, 0.25) is 0 Å². The minimum absolute atomic E-state index is 0.0619. The maximum absolute atomic E-state index is 13.1. The molecule has 2 amide bonds. The van der Waals surface area contributed by atoms with Gasteiger partial charge in [0.1, 0.15) is 6.29 Å². The Morgan fingerprint density at radius 1 is 0.867 bits per heavy atom. The first-order valence-electron chi connectivity index (χ1n) is 8.53. The van der Waals surface area contributed by atoms with Gasteiger partial charge in [0.15, 0.2) is 0 Å². The van der Waals surface area contributed by atoms with Gasteiger partial charge in [-0.25, -0.2) is 4.79 Å². The molecule has 1 atom stereocenters. The Bertz CT molecular complexity index is 991. The number of rotatable bonds is 3. The van der Waals surface area contributed by atoms with Crippen LogP contribution in [-0.2, 0) is 17.1 Å². The van der Waals surface area contributed by atoms with Gasteiger partial charge in [0.2, 0.25) is 0 Å². The Morgan fingerprint density at radius 2 is 1.40 bits per heavy atom. The van der Waals surface area contributed by atoms with Crippen LogP contribution in [-0.4, -0.2) is 12.3 Å². The molecule has 0 spiro atoms. The topological polar surface area (TPSA) is 58.2 Å². The Balaban J connectivity index is 2.03. The first-order valence-corrected chi connectivity index (χ1v) is 8.53. The lowest BCUT2D eigenvalue weighted by molar-refractivity contribution is -0.143. The molecule has 0 saturated carbocycles. The van der Waals surface area contributed by atoms with E-state index in [0.29, 0.717) is 29.7 Å². The van der Waals surface area contributed by atoms with Gasteiger partial charge in [-0.3, -0.25) is 4.79 Å². The summed E-state index contributed by atoms with van der Waals surface area (Å²) in [7, 11) is 0. The number of allylic oxidation sites excluding steroid dienone is 1. The maximum atomic E-state index is 13.1. The summed E-state index contributed by atoms with van der Waals surface area (Å²) >= 11 is 0. The van der Waals surface area contributed by atoms with Crippen LogP contribution < -0.4 is 10.6 Å². The van der Waals surface area contributed by atoms with Gasteiger partial charge in [0.25, 0.3) is 0 Å². The van der Waals surface area contributed by atoms with E-state index in [1.165, 1.54) is 31.2 Å². The summed E-state index contributed by atoms with van der Waals surface area (Å²) in [5.74, 6) is 0. The molecule has 10 heteroatoms. The van der Waals surface area contributed by atoms with Crippen LogP contribution in [0.25, 0.3) is 11.1 Å². The van der Waals surface area contributed by atoms with E-state index in [0.717, 1.165) is 0 Å². The predicted octanol–water partition coefficient (Wildman–Crippen LogP) is 5.22. The second-order valence-electron chi connectivity index (χ2n) is 6.65. The number of halogens is 6. The highest BCUT2D eigenvalue weighted by Crippen LogP contribution is 2.39. The van der Waals surface area contributed by atoms with E-state index in [9.17, 15) is 35.9 Å². The van der Waals surface area contributed by atoms with Gasteiger partial charge < -0.3 is 10.6 Å². The van der Waals surface area contributed by atoms with Crippen LogP contribution in [0.5, 0.6) is 0 Å². The van der Waals surface area contributed by atoms with Crippen molar-refractivity contribution in [2.45, 2.75) is 25.3 Å². The van der Waals surface area contributed by atoms with Gasteiger partial charge in [-0.15, -0.1) is 0 Å². The molecule has 30 heavy (non-hydrogen) atoms. The number of urea groups is 1. The van der Waals surface area contributed by atoms with Crippen molar-refractivity contribution in [3.8, 4) is 11.1 Å². The van der Waals surface area contributed by atoms with Crippen LogP contribution >= 0.6 is 0 Å². The molecular formula is C20H14F6N2O2. The van der Waals surface area contributed by atoms with Gasteiger partial charge in [-0.1, -0.05) is 24.3 Å². The molecule has 0 fully saturated rings. The van der Waals surface area contributed by atoms with E-state index in [1.807, 2.05) is 0 Å². The van der Waals surface area contributed by atoms with Crippen molar-refractivity contribution in [1.29, 1.82) is 0 Å². The minimum atomic E-state index is -4.95. The molecule has 158 valence electrons. The summed E-state index contributed by atoms with van der Waals surface area (Å²) in [6.45, 7) is 1.53. The summed E-state index contributed by atoms with van der Waals surface area (Å²) < 4.78 is 78.4. The average molecular weight is 428 g/mol. The highest BCUT2D eigenvalue weighted by Gasteiger charge is 2.37. The van der Waals surface area contributed by atoms with Crippen LogP contribution in [0.1, 0.15) is 29.7 Å². The molecule has 1 aliphatic rings. The fourth-order valence-electron chi connectivity index (χ4n) is 3.11. The number of amides is 2. The molecule has 0 aromatic heterocycles. The van der Waals surface area contributed by atoms with Crippen LogP contribution in [0.15, 0.2) is 53.7 Å². The van der Waals surface area contributed by atoms with E-state index in [1.54, 1.807) is 0 Å². The molecule has 2 N–H and O–H groups in total. The monoisotopic (exact) mass is 428 g/mol. The molecule has 3 rings (SSSR count). The molecule has 0 radical (unpaired) electrons. The SMILES string of the molecule is CC1=C(C=O)C(c2ccc(-c3cc(C(F)(F)F)cc(C(F)(F)F)c3)cc2)NC(=O)N1. The van der Waals surface area contributed by atoms with Crippen LogP contribution in [0.3, 0.4) is 0 Å². The average Bonchev–Trinajstić information content (AvgIpc) is 2.66. The molecule has 1 heterocycles. The third kappa shape index (κ3) is 4.32. The van der Waals surface area contributed by atoms with Crippen molar-refractivity contribution in [2.24, 2.45) is 0 Å². The highest BCUT2D eigenvalue weighted by atomic mass is 19.4. The first-order chi connectivity index (χ1) is 13.9. The van der Waals surface area contributed by atoms with Crippen LogP contribution in [0.4, 0.5) is 31.1 Å². The van der Waals surface area contributed by atoms with E-state index in [4.69, 9.17) is 0 Å². The molecule has 2 aromatic rings. The molecule has 0 saturated heterocycles. The summed E-state index contributed by atoms with van der Waals surface area (Å²) in [5.41, 5.74) is -1.94. The summed E-state index contributed by atoms with van der Waals surface area (Å²) in [6.07, 6.45) is -9.34. The first kappa shape index (κ1) is 21.4. The number of nitrogens with one attached hydrogen (secondary N) is 2. The number of alkyl halides is 6. The van der Waals surface area contributed by atoms with Gasteiger partial charge in [0.05, 0.1) is 17.2 Å². The van der Waals surface area contributed by atoms with Gasteiger partial charge in [-0.2, -0.15) is 26.3 Å². The van der Waals surface area contributed by atoms with Gasteiger partial charge in [-0.05, 0) is 41.8 Å². The van der Waals surface area contributed by atoms with Crippen LogP contribution in [0, 0.1) is 0 Å². The molecule has 0 bridgehead atoms. The van der Waals surface area contributed by atoms with E-state index in [-0.39, 0.29) is 22.8 Å².